The van der Waals surface area contributed by atoms with Crippen molar-refractivity contribution in [3.63, 3.8) is 0 Å². The Labute approximate surface area is 120 Å². The number of rotatable bonds is 2. The monoisotopic (exact) mass is 312 g/mol. The molecule has 0 aromatic carbocycles. The maximum absolute atomic E-state index is 12.8. The van der Waals surface area contributed by atoms with Crippen LogP contribution in [-0.4, -0.2) is 35.4 Å². The van der Waals surface area contributed by atoms with E-state index >= 15 is 0 Å². The molecule has 5 nitrogen and oxygen atoms in total. The topological polar surface area (TPSA) is 69.8 Å². The third-order valence-corrected chi connectivity index (χ3v) is 3.35. The number of nitrogens with one attached hydrogen (secondary N) is 3. The van der Waals surface area contributed by atoms with Crippen LogP contribution in [0.4, 0.5) is 18.9 Å². The molecule has 1 amide bonds. The fraction of sp³-hybridized carbons (Fsp3) is 0.636. The van der Waals surface area contributed by atoms with Crippen LogP contribution in [0.1, 0.15) is 11.4 Å². The molecule has 0 spiro atoms. The summed E-state index contributed by atoms with van der Waals surface area (Å²) in [5.41, 5.74) is 1.64. The summed E-state index contributed by atoms with van der Waals surface area (Å²) in [4.78, 5) is 12.0. The van der Waals surface area contributed by atoms with Gasteiger partial charge in [0, 0.05) is 13.1 Å². The van der Waals surface area contributed by atoms with Crippen LogP contribution in [0.15, 0.2) is 0 Å². The number of aromatic amines is 1. The molecule has 2 rings (SSSR count). The average molecular weight is 313 g/mol. The molecule has 1 saturated heterocycles. The highest BCUT2D eigenvalue weighted by Gasteiger charge is 2.49. The van der Waals surface area contributed by atoms with Crippen molar-refractivity contribution >= 4 is 24.0 Å². The lowest BCUT2D eigenvalue weighted by molar-refractivity contribution is -0.181. The van der Waals surface area contributed by atoms with Crippen LogP contribution in [0.3, 0.4) is 0 Å². The summed E-state index contributed by atoms with van der Waals surface area (Å²) in [5.74, 6) is -3.37. The minimum Gasteiger partial charge on any atom is -0.323 e. The van der Waals surface area contributed by atoms with Gasteiger partial charge in [-0.3, -0.25) is 9.89 Å². The number of hydrogen-bond acceptors (Lipinski definition) is 3. The van der Waals surface area contributed by atoms with E-state index in [2.05, 4.69) is 20.8 Å². The number of nitrogens with zero attached hydrogens (tertiary/aromatic N) is 1. The van der Waals surface area contributed by atoms with Gasteiger partial charge >= 0.3 is 6.18 Å². The number of aryl methyl sites for hydroxylation is 2. The standard InChI is InChI=1S/C11H15F3N4O.ClH/c1-5-9(6(2)18-17-5)16-10(19)7-3-15-4-8(7)11(12,13)14;/h7-8,15H,3-4H2,1-2H3,(H,16,19)(H,17,18);1H/t7-,8-;/m1./s1. The number of anilines is 1. The van der Waals surface area contributed by atoms with Crippen LogP contribution in [0.2, 0.25) is 0 Å². The molecular formula is C11H16ClF3N4O. The van der Waals surface area contributed by atoms with E-state index in [0.717, 1.165) is 0 Å². The van der Waals surface area contributed by atoms with E-state index in [-0.39, 0.29) is 25.5 Å². The Morgan fingerprint density at radius 1 is 1.35 bits per heavy atom. The first-order valence-corrected chi connectivity index (χ1v) is 5.90. The van der Waals surface area contributed by atoms with Crippen molar-refractivity contribution < 1.29 is 18.0 Å². The van der Waals surface area contributed by atoms with Crippen molar-refractivity contribution in [3.8, 4) is 0 Å². The highest BCUT2D eigenvalue weighted by atomic mass is 35.5. The molecule has 1 aromatic rings. The Bertz CT molecular complexity index is 469. The lowest BCUT2D eigenvalue weighted by Crippen LogP contribution is -2.36. The molecule has 1 aromatic heterocycles. The molecule has 1 fully saturated rings. The van der Waals surface area contributed by atoms with Crippen LogP contribution in [0, 0.1) is 25.7 Å². The fourth-order valence-electron chi connectivity index (χ4n) is 2.25. The molecule has 9 heteroatoms. The normalized spacial score (nSPS) is 22.4. The van der Waals surface area contributed by atoms with Gasteiger partial charge < -0.3 is 10.6 Å². The minimum atomic E-state index is -4.37. The van der Waals surface area contributed by atoms with E-state index in [0.29, 0.717) is 17.1 Å². The summed E-state index contributed by atoms with van der Waals surface area (Å²) in [7, 11) is 0. The molecule has 20 heavy (non-hydrogen) atoms. The zero-order valence-corrected chi connectivity index (χ0v) is 11.8. The number of carbonyl (C=O) groups is 1. The second-order valence-corrected chi connectivity index (χ2v) is 4.71. The van der Waals surface area contributed by atoms with Gasteiger partial charge in [0.2, 0.25) is 5.91 Å². The van der Waals surface area contributed by atoms with E-state index in [9.17, 15) is 18.0 Å². The molecule has 0 radical (unpaired) electrons. The minimum absolute atomic E-state index is 0. The van der Waals surface area contributed by atoms with Crippen molar-refractivity contribution in [2.75, 3.05) is 18.4 Å². The van der Waals surface area contributed by atoms with Gasteiger partial charge in [-0.2, -0.15) is 18.3 Å². The van der Waals surface area contributed by atoms with Crippen molar-refractivity contribution in [3.05, 3.63) is 11.4 Å². The van der Waals surface area contributed by atoms with E-state index in [4.69, 9.17) is 0 Å². The fourth-order valence-corrected chi connectivity index (χ4v) is 2.25. The van der Waals surface area contributed by atoms with Gasteiger partial charge in [0.05, 0.1) is 28.9 Å². The van der Waals surface area contributed by atoms with Crippen LogP contribution in [0.5, 0.6) is 0 Å². The first-order chi connectivity index (χ1) is 8.80. The zero-order valence-electron chi connectivity index (χ0n) is 11.0. The number of hydrogen-bond donors (Lipinski definition) is 3. The van der Waals surface area contributed by atoms with Gasteiger partial charge in [-0.1, -0.05) is 0 Å². The van der Waals surface area contributed by atoms with E-state index in [1.54, 1.807) is 13.8 Å². The second-order valence-electron chi connectivity index (χ2n) is 4.71. The number of amides is 1. The Hall–Kier alpha value is -1.28. The zero-order chi connectivity index (χ0) is 14.2. The summed E-state index contributed by atoms with van der Waals surface area (Å²) in [6.45, 7) is 3.19. The summed E-state index contributed by atoms with van der Waals surface area (Å²) in [6, 6.07) is 0. The number of H-pyrrole nitrogens is 1. The summed E-state index contributed by atoms with van der Waals surface area (Å²) in [6.07, 6.45) is -4.37. The Morgan fingerprint density at radius 2 is 2.00 bits per heavy atom. The predicted octanol–water partition coefficient (Wildman–Crippen LogP) is 1.78. The first-order valence-electron chi connectivity index (χ1n) is 5.90. The molecule has 2 heterocycles. The lowest BCUT2D eigenvalue weighted by Gasteiger charge is -2.20. The summed E-state index contributed by atoms with van der Waals surface area (Å²) < 4.78 is 38.3. The Morgan fingerprint density at radius 3 is 2.50 bits per heavy atom. The summed E-state index contributed by atoms with van der Waals surface area (Å²) in [5, 5.41) is 11.7. The van der Waals surface area contributed by atoms with Crippen molar-refractivity contribution in [2.24, 2.45) is 11.8 Å². The predicted molar refractivity (Wildman–Crippen MR) is 69.8 cm³/mol. The Balaban J connectivity index is 0.00000200. The van der Waals surface area contributed by atoms with Crippen molar-refractivity contribution in [1.29, 1.82) is 0 Å². The van der Waals surface area contributed by atoms with Crippen LogP contribution in [-0.2, 0) is 4.79 Å². The average Bonchev–Trinajstić information content (AvgIpc) is 2.90. The van der Waals surface area contributed by atoms with Crippen LogP contribution in [0.25, 0.3) is 0 Å². The molecule has 0 aliphatic carbocycles. The van der Waals surface area contributed by atoms with Gasteiger partial charge in [-0.05, 0) is 13.8 Å². The smallest absolute Gasteiger partial charge is 0.323 e. The van der Waals surface area contributed by atoms with Gasteiger partial charge in [-0.15, -0.1) is 12.4 Å². The highest BCUT2D eigenvalue weighted by Crippen LogP contribution is 2.35. The maximum Gasteiger partial charge on any atom is 0.393 e. The molecule has 2 atom stereocenters. The van der Waals surface area contributed by atoms with E-state index < -0.39 is 23.9 Å². The molecule has 1 aliphatic heterocycles. The summed E-state index contributed by atoms with van der Waals surface area (Å²) >= 11 is 0. The van der Waals surface area contributed by atoms with Crippen molar-refractivity contribution in [1.82, 2.24) is 15.5 Å². The Kier molecular flexibility index (Phi) is 5.04. The highest BCUT2D eigenvalue weighted by molar-refractivity contribution is 5.94. The van der Waals surface area contributed by atoms with Gasteiger partial charge in [0.15, 0.2) is 0 Å². The molecule has 0 bridgehead atoms. The molecular weight excluding hydrogens is 297 g/mol. The molecule has 1 aliphatic rings. The molecule has 0 saturated carbocycles. The number of aromatic nitrogens is 2. The number of halogens is 4. The van der Waals surface area contributed by atoms with Crippen LogP contribution >= 0.6 is 12.4 Å². The quantitative estimate of drug-likeness (QED) is 0.780. The number of alkyl halides is 3. The van der Waals surface area contributed by atoms with Gasteiger partial charge in [0.1, 0.15) is 0 Å². The van der Waals surface area contributed by atoms with E-state index in [1.165, 1.54) is 0 Å². The lowest BCUT2D eigenvalue weighted by atomic mass is 9.94. The second kappa shape index (κ2) is 6.01. The van der Waals surface area contributed by atoms with Gasteiger partial charge in [-0.25, -0.2) is 0 Å². The molecule has 114 valence electrons. The third kappa shape index (κ3) is 3.24. The third-order valence-electron chi connectivity index (χ3n) is 3.35. The largest absolute Gasteiger partial charge is 0.393 e. The van der Waals surface area contributed by atoms with E-state index in [1.807, 2.05) is 0 Å². The SMILES string of the molecule is Cc1n[nH]c(C)c1NC(=O)[C@@H]1CNC[C@H]1C(F)(F)F.Cl. The van der Waals surface area contributed by atoms with Gasteiger partial charge in [0.25, 0.3) is 0 Å². The van der Waals surface area contributed by atoms with Crippen LogP contribution < -0.4 is 10.6 Å². The first kappa shape index (κ1) is 16.8. The number of carbonyl (C=O) groups excluding carboxylic acids is 1. The van der Waals surface area contributed by atoms with Crippen molar-refractivity contribution in [2.45, 2.75) is 20.0 Å². The maximum atomic E-state index is 12.8. The molecule has 3 N–H and O–H groups in total. The molecule has 0 unspecified atom stereocenters.